The first kappa shape index (κ1) is 27.5. The van der Waals surface area contributed by atoms with Crippen LogP contribution in [0, 0.1) is 0 Å². The number of aliphatic hydroxyl groups excluding tert-OH is 1. The largest absolute Gasteiger partial charge is 0.459 e. The van der Waals surface area contributed by atoms with Gasteiger partial charge < -0.3 is 34.1 Å². The first-order valence-electron chi connectivity index (χ1n) is 12.2. The third kappa shape index (κ3) is 7.98. The lowest BCUT2D eigenvalue weighted by Crippen LogP contribution is -2.53. The van der Waals surface area contributed by atoms with Crippen LogP contribution in [0.2, 0.25) is 0 Å². The second-order valence-electron chi connectivity index (χ2n) is 10.3. The van der Waals surface area contributed by atoms with Gasteiger partial charge in [-0.25, -0.2) is 0 Å². The van der Waals surface area contributed by atoms with E-state index in [9.17, 15) is 14.7 Å². The maximum atomic E-state index is 12.2. The molecule has 1 amide bonds. The molecule has 9 nitrogen and oxygen atoms in total. The molecule has 3 aliphatic rings. The second-order valence-corrected chi connectivity index (χ2v) is 10.3. The Bertz CT molecular complexity index is 859. The summed E-state index contributed by atoms with van der Waals surface area (Å²) in [4.78, 5) is 23.1. The van der Waals surface area contributed by atoms with Crippen molar-refractivity contribution in [3.63, 3.8) is 0 Å². The average Bonchev–Trinajstić information content (AvgIpc) is 3.53. The molecule has 196 valence electrons. The Morgan fingerprint density at radius 1 is 1.26 bits per heavy atom. The number of carbonyl (C=O) groups is 2. The zero-order valence-electron chi connectivity index (χ0n) is 21.5. The number of amides is 1. The van der Waals surface area contributed by atoms with Gasteiger partial charge in [0.2, 0.25) is 5.91 Å². The number of hydrogen-bond donors (Lipinski definition) is 2. The van der Waals surface area contributed by atoms with Crippen molar-refractivity contribution in [3.8, 4) is 0 Å². The Kier molecular flexibility index (Phi) is 8.93. The number of epoxide rings is 1. The molecule has 35 heavy (non-hydrogen) atoms. The summed E-state index contributed by atoms with van der Waals surface area (Å²) in [7, 11) is 0. The minimum absolute atomic E-state index is 0.232. The number of allylic oxidation sites excluding steroid dienone is 2. The van der Waals surface area contributed by atoms with Crippen LogP contribution < -0.4 is 5.32 Å². The van der Waals surface area contributed by atoms with Crippen LogP contribution in [0.4, 0.5) is 0 Å². The SMILES string of the molecule is CC(=O)O[C@H](C)/C=C\C(=O)NC1CO[C@H](C/C=C(C)/C=C/[C@H]2OC(C)(C)C[C@@]3(CO3)[C@@H]2O)O[C@@H]1C. The summed E-state index contributed by atoms with van der Waals surface area (Å²) in [6.07, 6.45) is 7.68. The maximum Gasteiger partial charge on any atom is 0.303 e. The third-order valence-electron chi connectivity index (χ3n) is 6.32. The van der Waals surface area contributed by atoms with Crippen LogP contribution in [0.3, 0.4) is 0 Å². The van der Waals surface area contributed by atoms with Crippen LogP contribution >= 0.6 is 0 Å². The highest BCUT2D eigenvalue weighted by Crippen LogP contribution is 2.46. The molecule has 1 spiro atoms. The van der Waals surface area contributed by atoms with Crippen LogP contribution in [0.1, 0.15) is 54.4 Å². The van der Waals surface area contributed by atoms with Crippen molar-refractivity contribution in [2.75, 3.05) is 13.2 Å². The van der Waals surface area contributed by atoms with Crippen LogP contribution in [0.5, 0.6) is 0 Å². The van der Waals surface area contributed by atoms with Crippen molar-refractivity contribution in [1.82, 2.24) is 5.32 Å². The topological polar surface area (TPSA) is 116 Å². The summed E-state index contributed by atoms with van der Waals surface area (Å²) in [5.41, 5.74) is 0.165. The Morgan fingerprint density at radius 2 is 1.97 bits per heavy atom. The summed E-state index contributed by atoms with van der Waals surface area (Å²) in [6, 6.07) is -0.289. The maximum absolute atomic E-state index is 12.2. The standard InChI is InChI=1S/C26H39NO8/c1-16(7-10-21-24(30)26(15-32-26)14-25(5,6)35-21)8-12-23-31-13-20(18(3)34-23)27-22(29)11-9-17(2)33-19(4)28/h7-11,17-18,20-21,23-24,30H,12-15H2,1-6H3,(H,27,29)/b10-7+,11-9-,16-8+/t17-,18-,20?,21-,23+,24-,26-/m1/s1. The van der Waals surface area contributed by atoms with E-state index >= 15 is 0 Å². The zero-order valence-corrected chi connectivity index (χ0v) is 21.5. The molecule has 3 saturated heterocycles. The minimum Gasteiger partial charge on any atom is -0.459 e. The van der Waals surface area contributed by atoms with Gasteiger partial charge in [0, 0.05) is 25.8 Å². The van der Waals surface area contributed by atoms with Gasteiger partial charge in [0.25, 0.3) is 0 Å². The van der Waals surface area contributed by atoms with Gasteiger partial charge in [-0.3, -0.25) is 9.59 Å². The van der Waals surface area contributed by atoms with Gasteiger partial charge >= 0.3 is 5.97 Å². The number of esters is 1. The van der Waals surface area contributed by atoms with Crippen molar-refractivity contribution in [3.05, 3.63) is 36.0 Å². The van der Waals surface area contributed by atoms with Crippen LogP contribution in [-0.2, 0) is 33.3 Å². The lowest BCUT2D eigenvalue weighted by Gasteiger charge is -2.41. The predicted molar refractivity (Wildman–Crippen MR) is 128 cm³/mol. The number of hydrogen-bond acceptors (Lipinski definition) is 8. The molecule has 0 bridgehead atoms. The molecule has 2 N–H and O–H groups in total. The van der Waals surface area contributed by atoms with Gasteiger partial charge in [0.15, 0.2) is 6.29 Å². The smallest absolute Gasteiger partial charge is 0.303 e. The molecule has 0 aromatic heterocycles. The van der Waals surface area contributed by atoms with Crippen molar-refractivity contribution < 1.29 is 38.4 Å². The highest BCUT2D eigenvalue weighted by Gasteiger charge is 2.60. The quantitative estimate of drug-likeness (QED) is 0.229. The monoisotopic (exact) mass is 493 g/mol. The molecule has 1 unspecified atom stereocenters. The Balaban J connectivity index is 1.44. The van der Waals surface area contributed by atoms with Crippen LogP contribution in [0.25, 0.3) is 0 Å². The first-order chi connectivity index (χ1) is 16.4. The average molecular weight is 494 g/mol. The molecule has 0 saturated carbocycles. The van der Waals surface area contributed by atoms with Crippen molar-refractivity contribution in [1.29, 1.82) is 0 Å². The molecule has 0 radical (unpaired) electrons. The van der Waals surface area contributed by atoms with Gasteiger partial charge in [0.1, 0.15) is 23.9 Å². The summed E-state index contributed by atoms with van der Waals surface area (Å²) in [5.74, 6) is -0.706. The molecule has 0 aliphatic carbocycles. The van der Waals surface area contributed by atoms with Crippen molar-refractivity contribution in [2.45, 2.75) is 102 Å². The molecule has 0 aromatic carbocycles. The van der Waals surface area contributed by atoms with Crippen molar-refractivity contribution >= 4 is 11.9 Å². The van der Waals surface area contributed by atoms with E-state index in [1.54, 1.807) is 6.92 Å². The summed E-state index contributed by atoms with van der Waals surface area (Å²) in [6.45, 7) is 11.8. The van der Waals surface area contributed by atoms with E-state index in [1.165, 1.54) is 19.1 Å². The van der Waals surface area contributed by atoms with Gasteiger partial charge in [0.05, 0.1) is 31.0 Å². The normalized spacial score (nSPS) is 35.9. The fourth-order valence-electron chi connectivity index (χ4n) is 4.46. The molecule has 0 aromatic rings. The van der Waals surface area contributed by atoms with E-state index < -0.39 is 36.2 Å². The lowest BCUT2D eigenvalue weighted by atomic mass is 9.83. The molecular formula is C26H39NO8. The summed E-state index contributed by atoms with van der Waals surface area (Å²) >= 11 is 0. The fraction of sp³-hybridized carbons (Fsp3) is 0.692. The van der Waals surface area contributed by atoms with E-state index in [2.05, 4.69) is 5.32 Å². The minimum atomic E-state index is -0.683. The molecule has 7 atom stereocenters. The summed E-state index contributed by atoms with van der Waals surface area (Å²) < 4.78 is 28.3. The zero-order chi connectivity index (χ0) is 25.8. The predicted octanol–water partition coefficient (Wildman–Crippen LogP) is 2.33. The lowest BCUT2D eigenvalue weighted by molar-refractivity contribution is -0.217. The van der Waals surface area contributed by atoms with Crippen LogP contribution in [0.15, 0.2) is 36.0 Å². The van der Waals surface area contributed by atoms with E-state index in [1.807, 2.05) is 45.9 Å². The van der Waals surface area contributed by atoms with E-state index in [-0.39, 0.29) is 23.7 Å². The molecule has 9 heteroatoms. The third-order valence-corrected chi connectivity index (χ3v) is 6.32. The van der Waals surface area contributed by atoms with Crippen LogP contribution in [-0.4, -0.2) is 78.1 Å². The number of aliphatic hydroxyl groups is 1. The highest BCUT2D eigenvalue weighted by molar-refractivity contribution is 5.87. The first-order valence-corrected chi connectivity index (χ1v) is 12.2. The van der Waals surface area contributed by atoms with E-state index in [0.29, 0.717) is 26.1 Å². The van der Waals surface area contributed by atoms with Gasteiger partial charge in [-0.05, 0) is 40.7 Å². The number of rotatable bonds is 8. The molecule has 3 aliphatic heterocycles. The van der Waals surface area contributed by atoms with E-state index in [0.717, 1.165) is 5.57 Å². The molecule has 3 rings (SSSR count). The number of carbonyl (C=O) groups excluding carboxylic acids is 2. The van der Waals surface area contributed by atoms with Gasteiger partial charge in [-0.15, -0.1) is 0 Å². The van der Waals surface area contributed by atoms with Gasteiger partial charge in [-0.1, -0.05) is 23.8 Å². The number of nitrogens with one attached hydrogen (secondary N) is 1. The fourth-order valence-corrected chi connectivity index (χ4v) is 4.46. The van der Waals surface area contributed by atoms with Crippen molar-refractivity contribution in [2.24, 2.45) is 0 Å². The van der Waals surface area contributed by atoms with E-state index in [4.69, 9.17) is 23.7 Å². The second kappa shape index (κ2) is 11.3. The summed E-state index contributed by atoms with van der Waals surface area (Å²) in [5, 5.41) is 13.5. The molecule has 3 fully saturated rings. The molecular weight excluding hydrogens is 454 g/mol. The Morgan fingerprint density at radius 3 is 2.60 bits per heavy atom. The number of ether oxygens (including phenoxy) is 5. The Labute approximate surface area is 207 Å². The highest BCUT2D eigenvalue weighted by atomic mass is 16.7. The molecule has 3 heterocycles. The van der Waals surface area contributed by atoms with Gasteiger partial charge in [-0.2, -0.15) is 0 Å². The Hall–Kier alpha value is -2.04.